The van der Waals surface area contributed by atoms with Crippen molar-refractivity contribution in [1.82, 2.24) is 24.9 Å². The number of nitrogens with zero attached hydrogens (tertiary/aromatic N) is 5. The van der Waals surface area contributed by atoms with E-state index in [2.05, 4.69) is 70.8 Å². The van der Waals surface area contributed by atoms with Gasteiger partial charge >= 0.3 is 0 Å². The molecule has 0 bridgehead atoms. The Balaban J connectivity index is 1.08. The molecule has 4 aromatic rings. The van der Waals surface area contributed by atoms with Crippen LogP contribution < -0.4 is 15.5 Å². The maximum atomic E-state index is 4.68. The molecule has 0 amide bonds. The van der Waals surface area contributed by atoms with Gasteiger partial charge in [0.15, 0.2) is 5.65 Å². The second-order valence-electron chi connectivity index (χ2n) is 8.29. The minimum Gasteiger partial charge on any atom is -0.367 e. The highest BCUT2D eigenvalue weighted by Gasteiger charge is 2.25. The lowest BCUT2D eigenvalue weighted by Crippen LogP contribution is -2.23. The van der Waals surface area contributed by atoms with E-state index in [0.717, 1.165) is 65.8 Å². The van der Waals surface area contributed by atoms with Gasteiger partial charge < -0.3 is 20.5 Å². The molecule has 2 atom stereocenters. The van der Waals surface area contributed by atoms with E-state index in [0.29, 0.717) is 12.1 Å². The Bertz CT molecular complexity index is 1230. The van der Waals surface area contributed by atoms with Crippen LogP contribution in [0.2, 0.25) is 0 Å². The van der Waals surface area contributed by atoms with Crippen molar-refractivity contribution in [3.05, 3.63) is 66.6 Å². The summed E-state index contributed by atoms with van der Waals surface area (Å²) in [5.74, 6) is 2.67. The van der Waals surface area contributed by atoms with Crippen molar-refractivity contribution in [3.8, 4) is 0 Å². The van der Waals surface area contributed by atoms with Crippen LogP contribution in [0.5, 0.6) is 0 Å². The van der Waals surface area contributed by atoms with Crippen LogP contribution in [0.25, 0.3) is 17.2 Å². The van der Waals surface area contributed by atoms with Gasteiger partial charge in [-0.2, -0.15) is 4.98 Å². The van der Waals surface area contributed by atoms with Crippen LogP contribution in [0.4, 0.5) is 23.3 Å². The highest BCUT2D eigenvalue weighted by atomic mass is 15.2. The SMILES string of the molecule is C1=Cc2cccnc2N(c2ccc(N[C@H]3CC[C@H](Nc4nc5ncccc5[nH]4)C3)nc2)C1. The van der Waals surface area contributed by atoms with Crippen molar-refractivity contribution < 1.29 is 0 Å². The van der Waals surface area contributed by atoms with Gasteiger partial charge in [-0.3, -0.25) is 0 Å². The van der Waals surface area contributed by atoms with Crippen LogP contribution >= 0.6 is 0 Å². The Labute approximate surface area is 185 Å². The molecule has 0 unspecified atom stereocenters. The molecule has 0 aromatic carbocycles. The van der Waals surface area contributed by atoms with E-state index in [1.807, 2.05) is 30.6 Å². The summed E-state index contributed by atoms with van der Waals surface area (Å²) in [5.41, 5.74) is 3.87. The van der Waals surface area contributed by atoms with Gasteiger partial charge in [0.25, 0.3) is 0 Å². The van der Waals surface area contributed by atoms with E-state index in [4.69, 9.17) is 0 Å². The van der Waals surface area contributed by atoms with Crippen molar-refractivity contribution in [2.24, 2.45) is 0 Å². The molecule has 2 aliphatic rings. The largest absolute Gasteiger partial charge is 0.367 e. The summed E-state index contributed by atoms with van der Waals surface area (Å²) in [7, 11) is 0. The molecule has 160 valence electrons. The smallest absolute Gasteiger partial charge is 0.202 e. The van der Waals surface area contributed by atoms with Gasteiger partial charge in [-0.25, -0.2) is 15.0 Å². The minimum absolute atomic E-state index is 0.370. The minimum atomic E-state index is 0.370. The summed E-state index contributed by atoms with van der Waals surface area (Å²) < 4.78 is 0. The van der Waals surface area contributed by atoms with Crippen LogP contribution in [-0.4, -0.2) is 43.5 Å². The Morgan fingerprint density at radius 3 is 2.69 bits per heavy atom. The summed E-state index contributed by atoms with van der Waals surface area (Å²) in [6, 6.07) is 12.9. The maximum absolute atomic E-state index is 4.68. The molecule has 0 saturated heterocycles. The van der Waals surface area contributed by atoms with Crippen molar-refractivity contribution >= 4 is 40.5 Å². The predicted molar refractivity (Wildman–Crippen MR) is 127 cm³/mol. The van der Waals surface area contributed by atoms with E-state index in [1.54, 1.807) is 6.20 Å². The van der Waals surface area contributed by atoms with Crippen molar-refractivity contribution in [3.63, 3.8) is 0 Å². The van der Waals surface area contributed by atoms with E-state index in [-0.39, 0.29) is 0 Å². The van der Waals surface area contributed by atoms with Gasteiger partial charge in [-0.1, -0.05) is 12.2 Å². The number of nitrogens with one attached hydrogen (secondary N) is 3. The fourth-order valence-electron chi connectivity index (χ4n) is 4.55. The number of imidazole rings is 1. The molecule has 0 radical (unpaired) electrons. The fraction of sp³-hybridized carbons (Fsp3) is 0.250. The highest BCUT2D eigenvalue weighted by molar-refractivity contribution is 5.74. The third kappa shape index (κ3) is 3.64. The summed E-state index contributed by atoms with van der Waals surface area (Å²) in [5, 5.41) is 7.11. The second-order valence-corrected chi connectivity index (χ2v) is 8.29. The number of hydrogen-bond donors (Lipinski definition) is 3. The Hall–Kier alpha value is -3.94. The molecule has 4 aromatic heterocycles. The third-order valence-electron chi connectivity index (χ3n) is 6.10. The molecule has 8 heteroatoms. The molecular weight excluding hydrogens is 400 g/mol. The monoisotopic (exact) mass is 424 g/mol. The second kappa shape index (κ2) is 7.96. The van der Waals surface area contributed by atoms with Gasteiger partial charge in [-0.05, 0) is 55.7 Å². The molecule has 1 aliphatic heterocycles. The number of fused-ring (bicyclic) bond motifs is 2. The molecular formula is C24H24N8. The average Bonchev–Trinajstić information content (AvgIpc) is 3.45. The molecule has 1 saturated carbocycles. The van der Waals surface area contributed by atoms with Crippen LogP contribution in [0, 0.1) is 0 Å². The quantitative estimate of drug-likeness (QED) is 0.438. The lowest BCUT2D eigenvalue weighted by Gasteiger charge is -2.26. The zero-order valence-electron chi connectivity index (χ0n) is 17.6. The lowest BCUT2D eigenvalue weighted by molar-refractivity contribution is 0.718. The maximum Gasteiger partial charge on any atom is 0.202 e. The van der Waals surface area contributed by atoms with Crippen LogP contribution in [-0.2, 0) is 0 Å². The molecule has 3 N–H and O–H groups in total. The molecule has 0 spiro atoms. The van der Waals surface area contributed by atoms with E-state index in [9.17, 15) is 0 Å². The van der Waals surface area contributed by atoms with Crippen LogP contribution in [0.3, 0.4) is 0 Å². The zero-order chi connectivity index (χ0) is 21.3. The summed E-state index contributed by atoms with van der Waals surface area (Å²) >= 11 is 0. The average molecular weight is 425 g/mol. The van der Waals surface area contributed by atoms with Crippen LogP contribution in [0.15, 0.2) is 61.1 Å². The van der Waals surface area contributed by atoms with Crippen molar-refractivity contribution in [2.75, 3.05) is 22.1 Å². The number of H-pyrrole nitrogens is 1. The Morgan fingerprint density at radius 2 is 1.81 bits per heavy atom. The summed E-state index contributed by atoms with van der Waals surface area (Å²) in [4.78, 5) is 23.5. The van der Waals surface area contributed by atoms with Gasteiger partial charge in [-0.15, -0.1) is 0 Å². The van der Waals surface area contributed by atoms with E-state index in [1.165, 1.54) is 0 Å². The lowest BCUT2D eigenvalue weighted by atomic mass is 10.1. The number of pyridine rings is 3. The number of hydrogen-bond acceptors (Lipinski definition) is 7. The normalized spacial score (nSPS) is 19.8. The van der Waals surface area contributed by atoms with Crippen molar-refractivity contribution in [1.29, 1.82) is 0 Å². The van der Waals surface area contributed by atoms with Crippen LogP contribution in [0.1, 0.15) is 24.8 Å². The predicted octanol–water partition coefficient (Wildman–Crippen LogP) is 4.36. The third-order valence-corrected chi connectivity index (χ3v) is 6.10. The molecule has 32 heavy (non-hydrogen) atoms. The first-order valence-electron chi connectivity index (χ1n) is 11.0. The molecule has 6 rings (SSSR count). The van der Waals surface area contributed by atoms with Gasteiger partial charge in [0.1, 0.15) is 11.6 Å². The first-order valence-corrected chi connectivity index (χ1v) is 11.0. The number of anilines is 4. The highest BCUT2D eigenvalue weighted by Crippen LogP contribution is 2.31. The van der Waals surface area contributed by atoms with Gasteiger partial charge in [0.05, 0.1) is 17.4 Å². The van der Waals surface area contributed by atoms with Crippen molar-refractivity contribution in [2.45, 2.75) is 31.3 Å². The fourth-order valence-corrected chi connectivity index (χ4v) is 4.55. The van der Waals surface area contributed by atoms with E-state index >= 15 is 0 Å². The Kier molecular flexibility index (Phi) is 4.67. The number of aromatic amines is 1. The molecule has 5 heterocycles. The first kappa shape index (κ1) is 18.8. The molecule has 8 nitrogen and oxygen atoms in total. The summed E-state index contributed by atoms with van der Waals surface area (Å²) in [6.45, 7) is 0.797. The molecule has 1 aliphatic carbocycles. The van der Waals surface area contributed by atoms with E-state index < -0.39 is 0 Å². The van der Waals surface area contributed by atoms with Gasteiger partial charge in [0.2, 0.25) is 5.95 Å². The number of rotatable bonds is 5. The zero-order valence-corrected chi connectivity index (χ0v) is 17.6. The number of aromatic nitrogens is 5. The van der Waals surface area contributed by atoms with Gasteiger partial charge in [0, 0.05) is 36.6 Å². The topological polar surface area (TPSA) is 94.6 Å². The molecule has 1 fully saturated rings. The Morgan fingerprint density at radius 1 is 0.938 bits per heavy atom. The standard InChI is InChI=1S/C24H24N8/c1-4-16-5-3-13-32(23(16)26-12-1)19-9-10-21(27-15-19)28-17-7-8-18(14-17)29-24-30-20-6-2-11-25-22(20)31-24/h1-6,9-12,15,17-18H,7-8,13-14H2,(H,27,28)(H2,25,29,30,31)/t17-,18-/m0/s1. The summed E-state index contributed by atoms with van der Waals surface area (Å²) in [6.07, 6.45) is 13.0. The first-order chi connectivity index (χ1) is 15.8.